The summed E-state index contributed by atoms with van der Waals surface area (Å²) in [6, 6.07) is 8.94. The van der Waals surface area contributed by atoms with E-state index in [1.54, 1.807) is 24.3 Å². The molecule has 5 nitrogen and oxygen atoms in total. The van der Waals surface area contributed by atoms with Crippen molar-refractivity contribution in [3.8, 4) is 6.07 Å². The lowest BCUT2D eigenvalue weighted by Gasteiger charge is -2.31. The van der Waals surface area contributed by atoms with Gasteiger partial charge in [0.25, 0.3) is 0 Å². The molecule has 1 aliphatic rings. The minimum atomic E-state index is -0.0307. The number of amides is 1. The number of nitrogens with one attached hydrogen (secondary N) is 1. The predicted molar refractivity (Wildman–Crippen MR) is 80.9 cm³/mol. The second kappa shape index (κ2) is 7.77. The van der Waals surface area contributed by atoms with E-state index < -0.39 is 0 Å². The van der Waals surface area contributed by atoms with Crippen molar-refractivity contribution in [2.75, 3.05) is 31.6 Å². The van der Waals surface area contributed by atoms with Gasteiger partial charge in [-0.15, -0.1) is 0 Å². The molecule has 21 heavy (non-hydrogen) atoms. The topological polar surface area (TPSA) is 65.4 Å². The SMILES string of the molecule is CCOC1CCCN(CC(=O)Nc2ccc(C#N)cc2)C1. The third-order valence-corrected chi connectivity index (χ3v) is 3.53. The third-order valence-electron chi connectivity index (χ3n) is 3.53. The van der Waals surface area contributed by atoms with Crippen LogP contribution >= 0.6 is 0 Å². The molecule has 0 bridgehead atoms. The van der Waals surface area contributed by atoms with E-state index in [4.69, 9.17) is 10.00 Å². The van der Waals surface area contributed by atoms with Crippen molar-refractivity contribution < 1.29 is 9.53 Å². The molecule has 0 aliphatic carbocycles. The number of rotatable bonds is 5. The number of benzene rings is 1. The number of hydrogen-bond acceptors (Lipinski definition) is 4. The van der Waals surface area contributed by atoms with Crippen LogP contribution in [0.5, 0.6) is 0 Å². The Hall–Kier alpha value is -1.90. The Morgan fingerprint density at radius 1 is 1.48 bits per heavy atom. The van der Waals surface area contributed by atoms with Crippen molar-refractivity contribution >= 4 is 11.6 Å². The highest BCUT2D eigenvalue weighted by atomic mass is 16.5. The third kappa shape index (κ3) is 4.85. The van der Waals surface area contributed by atoms with Crippen molar-refractivity contribution in [2.24, 2.45) is 0 Å². The van der Waals surface area contributed by atoms with Gasteiger partial charge in [0.1, 0.15) is 0 Å². The number of hydrogen-bond donors (Lipinski definition) is 1. The number of piperidine rings is 1. The van der Waals surface area contributed by atoms with E-state index in [1.165, 1.54) is 0 Å². The summed E-state index contributed by atoms with van der Waals surface area (Å²) >= 11 is 0. The van der Waals surface area contributed by atoms with Gasteiger partial charge < -0.3 is 10.1 Å². The molecule has 1 N–H and O–H groups in total. The van der Waals surface area contributed by atoms with Gasteiger partial charge in [-0.3, -0.25) is 9.69 Å². The van der Waals surface area contributed by atoms with E-state index >= 15 is 0 Å². The highest BCUT2D eigenvalue weighted by Gasteiger charge is 2.21. The van der Waals surface area contributed by atoms with Crippen molar-refractivity contribution in [2.45, 2.75) is 25.9 Å². The maximum atomic E-state index is 12.0. The first-order valence-corrected chi connectivity index (χ1v) is 7.35. The molecule has 112 valence electrons. The van der Waals surface area contributed by atoms with Crippen LogP contribution in [0.25, 0.3) is 0 Å². The number of likely N-dealkylation sites (tertiary alicyclic amines) is 1. The molecule has 1 heterocycles. The number of ether oxygens (including phenoxy) is 1. The first-order chi connectivity index (χ1) is 10.2. The zero-order valence-electron chi connectivity index (χ0n) is 12.3. The quantitative estimate of drug-likeness (QED) is 0.899. The molecule has 1 atom stereocenters. The Kier molecular flexibility index (Phi) is 5.73. The Bertz CT molecular complexity index is 505. The minimum Gasteiger partial charge on any atom is -0.377 e. The van der Waals surface area contributed by atoms with Gasteiger partial charge in [-0.1, -0.05) is 0 Å². The van der Waals surface area contributed by atoms with Gasteiger partial charge >= 0.3 is 0 Å². The average Bonchev–Trinajstić information content (AvgIpc) is 2.48. The van der Waals surface area contributed by atoms with E-state index in [0.717, 1.165) is 38.2 Å². The van der Waals surface area contributed by atoms with Gasteiger partial charge in [-0.25, -0.2) is 0 Å². The van der Waals surface area contributed by atoms with E-state index in [9.17, 15) is 4.79 Å². The van der Waals surface area contributed by atoms with Crippen LogP contribution in [0.4, 0.5) is 5.69 Å². The lowest BCUT2D eigenvalue weighted by molar-refractivity contribution is -0.118. The van der Waals surface area contributed by atoms with Crippen LogP contribution in [0.3, 0.4) is 0 Å². The van der Waals surface area contributed by atoms with Crippen LogP contribution < -0.4 is 5.32 Å². The molecule has 0 saturated carbocycles. The molecule has 1 aromatic carbocycles. The summed E-state index contributed by atoms with van der Waals surface area (Å²) in [5, 5.41) is 11.6. The highest BCUT2D eigenvalue weighted by Crippen LogP contribution is 2.13. The standard InChI is InChI=1S/C16H21N3O2/c1-2-21-15-4-3-9-19(11-15)12-16(20)18-14-7-5-13(10-17)6-8-14/h5-8,15H,2-4,9,11-12H2,1H3,(H,18,20). The van der Waals surface area contributed by atoms with Gasteiger partial charge in [0, 0.05) is 18.8 Å². The smallest absolute Gasteiger partial charge is 0.238 e. The first kappa shape index (κ1) is 15.5. The van der Waals surface area contributed by atoms with Crippen LogP contribution in [0.15, 0.2) is 24.3 Å². The highest BCUT2D eigenvalue weighted by molar-refractivity contribution is 5.92. The van der Waals surface area contributed by atoms with Gasteiger partial charge in [0.15, 0.2) is 0 Å². The largest absolute Gasteiger partial charge is 0.377 e. The van der Waals surface area contributed by atoms with Gasteiger partial charge in [0.2, 0.25) is 5.91 Å². The normalized spacial score (nSPS) is 19.0. The number of carbonyl (C=O) groups excluding carboxylic acids is 1. The molecule has 1 aliphatic heterocycles. The van der Waals surface area contributed by atoms with Crippen molar-refractivity contribution in [1.82, 2.24) is 4.90 Å². The molecule has 0 spiro atoms. The van der Waals surface area contributed by atoms with Crippen LogP contribution in [0, 0.1) is 11.3 Å². The molecular weight excluding hydrogens is 266 g/mol. The summed E-state index contributed by atoms with van der Waals surface area (Å²) in [7, 11) is 0. The Morgan fingerprint density at radius 2 is 2.24 bits per heavy atom. The number of anilines is 1. The molecule has 2 rings (SSSR count). The lowest BCUT2D eigenvalue weighted by atomic mass is 10.1. The summed E-state index contributed by atoms with van der Waals surface area (Å²) in [4.78, 5) is 14.2. The average molecular weight is 287 g/mol. The summed E-state index contributed by atoms with van der Waals surface area (Å²) < 4.78 is 5.63. The molecule has 1 unspecified atom stereocenters. The van der Waals surface area contributed by atoms with E-state index in [0.29, 0.717) is 12.1 Å². The van der Waals surface area contributed by atoms with E-state index in [-0.39, 0.29) is 12.0 Å². The number of nitrogens with zero attached hydrogens (tertiary/aromatic N) is 2. The summed E-state index contributed by atoms with van der Waals surface area (Å²) in [6.07, 6.45) is 2.38. The fourth-order valence-electron chi connectivity index (χ4n) is 2.56. The molecule has 0 radical (unpaired) electrons. The summed E-state index contributed by atoms with van der Waals surface area (Å²) in [5.41, 5.74) is 1.31. The number of carbonyl (C=O) groups is 1. The van der Waals surface area contributed by atoms with E-state index in [2.05, 4.69) is 16.3 Å². The second-order valence-electron chi connectivity index (χ2n) is 5.19. The van der Waals surface area contributed by atoms with Crippen molar-refractivity contribution in [1.29, 1.82) is 5.26 Å². The van der Waals surface area contributed by atoms with Crippen molar-refractivity contribution in [3.63, 3.8) is 0 Å². The number of nitriles is 1. The van der Waals surface area contributed by atoms with Crippen LogP contribution in [0.2, 0.25) is 0 Å². The molecule has 1 saturated heterocycles. The van der Waals surface area contributed by atoms with Crippen molar-refractivity contribution in [3.05, 3.63) is 29.8 Å². The fourth-order valence-corrected chi connectivity index (χ4v) is 2.56. The van der Waals surface area contributed by atoms with Gasteiger partial charge in [-0.05, 0) is 50.6 Å². The first-order valence-electron chi connectivity index (χ1n) is 7.35. The minimum absolute atomic E-state index is 0.0307. The summed E-state index contributed by atoms with van der Waals surface area (Å²) in [6.45, 7) is 4.84. The van der Waals surface area contributed by atoms with Gasteiger partial charge in [-0.2, -0.15) is 5.26 Å². The Morgan fingerprint density at radius 3 is 2.90 bits per heavy atom. The van der Waals surface area contributed by atoms with Crippen LogP contribution in [-0.2, 0) is 9.53 Å². The summed E-state index contributed by atoms with van der Waals surface area (Å²) in [5.74, 6) is -0.0307. The fraction of sp³-hybridized carbons (Fsp3) is 0.500. The maximum Gasteiger partial charge on any atom is 0.238 e. The Labute approximate surface area is 125 Å². The van der Waals surface area contributed by atoms with Crippen LogP contribution in [-0.4, -0.2) is 43.2 Å². The molecule has 1 amide bonds. The molecule has 1 fully saturated rings. The molecule has 5 heteroatoms. The van der Waals surface area contributed by atoms with Gasteiger partial charge in [0.05, 0.1) is 24.3 Å². The molecule has 0 aromatic heterocycles. The molecular formula is C16H21N3O2. The second-order valence-corrected chi connectivity index (χ2v) is 5.19. The monoisotopic (exact) mass is 287 g/mol. The maximum absolute atomic E-state index is 12.0. The van der Waals surface area contributed by atoms with E-state index in [1.807, 2.05) is 6.92 Å². The lowest BCUT2D eigenvalue weighted by Crippen LogP contribution is -2.43. The zero-order chi connectivity index (χ0) is 15.1. The predicted octanol–water partition coefficient (Wildman–Crippen LogP) is 2.00. The zero-order valence-corrected chi connectivity index (χ0v) is 12.3. The molecule has 1 aromatic rings. The Balaban J connectivity index is 1.82. The van der Waals surface area contributed by atoms with Crippen LogP contribution in [0.1, 0.15) is 25.3 Å².